The average molecular weight is 381 g/mol. The standard InChI is InChI=1S/C18H27N3O4S/c1-3-15(22)21-9-6-13(7-10-21)16(18(24)19-8-11-25-2)20-17(23)14-5-4-12-26-14/h4-5,12-13,16H,3,6-11H2,1-2H3,(H,19,24)(H,20,23)/t16-/m0/s1. The molecule has 1 aromatic rings. The van der Waals surface area contributed by atoms with Crippen LogP contribution in [0.25, 0.3) is 0 Å². The molecule has 26 heavy (non-hydrogen) atoms. The molecule has 1 aliphatic rings. The minimum absolute atomic E-state index is 0.00219. The molecule has 8 heteroatoms. The van der Waals surface area contributed by atoms with Gasteiger partial charge < -0.3 is 20.3 Å². The van der Waals surface area contributed by atoms with E-state index in [4.69, 9.17) is 4.74 Å². The van der Waals surface area contributed by atoms with E-state index in [1.807, 2.05) is 23.3 Å². The maximum Gasteiger partial charge on any atom is 0.262 e. The van der Waals surface area contributed by atoms with Crippen molar-refractivity contribution in [2.75, 3.05) is 33.4 Å². The van der Waals surface area contributed by atoms with Crippen molar-refractivity contribution in [1.82, 2.24) is 15.5 Å². The fourth-order valence-electron chi connectivity index (χ4n) is 3.11. The molecule has 1 aliphatic heterocycles. The number of methoxy groups -OCH3 is 1. The lowest BCUT2D eigenvalue weighted by molar-refractivity contribution is -0.132. The molecule has 2 N–H and O–H groups in total. The zero-order valence-electron chi connectivity index (χ0n) is 15.3. The summed E-state index contributed by atoms with van der Waals surface area (Å²) in [6.45, 7) is 3.90. The molecule has 7 nitrogen and oxygen atoms in total. The van der Waals surface area contributed by atoms with Crippen molar-refractivity contribution in [1.29, 1.82) is 0 Å². The van der Waals surface area contributed by atoms with Crippen LogP contribution in [0.1, 0.15) is 35.9 Å². The first kappa shape index (κ1) is 20.4. The highest BCUT2D eigenvalue weighted by Crippen LogP contribution is 2.22. The van der Waals surface area contributed by atoms with Gasteiger partial charge in [-0.25, -0.2) is 0 Å². The molecule has 2 heterocycles. The Labute approximate surface area is 158 Å². The van der Waals surface area contributed by atoms with Crippen LogP contribution in [0.3, 0.4) is 0 Å². The normalized spacial score (nSPS) is 16.2. The molecular formula is C18H27N3O4S. The molecule has 0 radical (unpaired) electrons. The number of hydrogen-bond acceptors (Lipinski definition) is 5. The number of amides is 3. The van der Waals surface area contributed by atoms with Crippen LogP contribution in [-0.4, -0.2) is 62.0 Å². The van der Waals surface area contributed by atoms with Gasteiger partial charge >= 0.3 is 0 Å². The van der Waals surface area contributed by atoms with Crippen LogP contribution in [0, 0.1) is 5.92 Å². The average Bonchev–Trinajstić information content (AvgIpc) is 3.20. The van der Waals surface area contributed by atoms with Crippen LogP contribution in [0.2, 0.25) is 0 Å². The number of piperidine rings is 1. The second-order valence-electron chi connectivity index (χ2n) is 6.28. The lowest BCUT2D eigenvalue weighted by Crippen LogP contribution is -2.54. The van der Waals surface area contributed by atoms with Crippen LogP contribution < -0.4 is 10.6 Å². The summed E-state index contributed by atoms with van der Waals surface area (Å²) in [6, 6.07) is 2.94. The molecule has 1 fully saturated rings. The fourth-order valence-corrected chi connectivity index (χ4v) is 3.74. The first-order chi connectivity index (χ1) is 12.6. The van der Waals surface area contributed by atoms with Gasteiger partial charge in [0.2, 0.25) is 11.8 Å². The number of carbonyl (C=O) groups excluding carboxylic acids is 3. The number of nitrogens with zero attached hydrogens (tertiary/aromatic N) is 1. The molecule has 1 aromatic heterocycles. The van der Waals surface area contributed by atoms with Gasteiger partial charge in [0.15, 0.2) is 0 Å². The number of rotatable bonds is 8. The van der Waals surface area contributed by atoms with Crippen LogP contribution in [-0.2, 0) is 14.3 Å². The van der Waals surface area contributed by atoms with Gasteiger partial charge in [-0.2, -0.15) is 0 Å². The van der Waals surface area contributed by atoms with E-state index in [2.05, 4.69) is 10.6 Å². The van der Waals surface area contributed by atoms with Crippen molar-refractivity contribution < 1.29 is 19.1 Å². The zero-order valence-corrected chi connectivity index (χ0v) is 16.1. The highest BCUT2D eigenvalue weighted by Gasteiger charge is 2.33. The van der Waals surface area contributed by atoms with Gasteiger partial charge in [0.1, 0.15) is 6.04 Å². The van der Waals surface area contributed by atoms with Gasteiger partial charge in [-0.1, -0.05) is 13.0 Å². The maximum atomic E-state index is 12.6. The fraction of sp³-hybridized carbons (Fsp3) is 0.611. The van der Waals surface area contributed by atoms with Gasteiger partial charge in [-0.15, -0.1) is 11.3 Å². The van der Waals surface area contributed by atoms with Gasteiger partial charge in [0, 0.05) is 33.2 Å². The van der Waals surface area contributed by atoms with E-state index >= 15 is 0 Å². The molecule has 144 valence electrons. The highest BCUT2D eigenvalue weighted by atomic mass is 32.1. The third kappa shape index (κ3) is 5.54. The Balaban J connectivity index is 2.01. The second kappa shape index (κ2) is 10.3. The number of nitrogens with one attached hydrogen (secondary N) is 2. The van der Waals surface area contributed by atoms with Gasteiger partial charge in [-0.05, 0) is 30.2 Å². The Morgan fingerprint density at radius 2 is 2.08 bits per heavy atom. The topological polar surface area (TPSA) is 87.7 Å². The number of ether oxygens (including phenoxy) is 1. The van der Waals surface area contributed by atoms with Crippen LogP contribution in [0.4, 0.5) is 0 Å². The molecule has 2 rings (SSSR count). The van der Waals surface area contributed by atoms with Crippen molar-refractivity contribution >= 4 is 29.1 Å². The van der Waals surface area contributed by atoms with Gasteiger partial charge in [0.05, 0.1) is 11.5 Å². The predicted molar refractivity (Wildman–Crippen MR) is 100 cm³/mol. The summed E-state index contributed by atoms with van der Waals surface area (Å²) in [5.74, 6) is -0.305. The van der Waals surface area contributed by atoms with E-state index < -0.39 is 6.04 Å². The number of hydrogen-bond donors (Lipinski definition) is 2. The van der Waals surface area contributed by atoms with E-state index in [0.29, 0.717) is 50.4 Å². The molecule has 1 atom stereocenters. The van der Waals surface area contributed by atoms with Crippen LogP contribution in [0.15, 0.2) is 17.5 Å². The molecule has 0 saturated carbocycles. The van der Waals surface area contributed by atoms with E-state index in [1.54, 1.807) is 13.2 Å². The molecule has 0 unspecified atom stereocenters. The first-order valence-electron chi connectivity index (χ1n) is 8.95. The maximum absolute atomic E-state index is 12.6. The Hall–Kier alpha value is -1.93. The monoisotopic (exact) mass is 381 g/mol. The number of likely N-dealkylation sites (tertiary alicyclic amines) is 1. The molecular weight excluding hydrogens is 354 g/mol. The molecule has 3 amide bonds. The number of carbonyl (C=O) groups is 3. The van der Waals surface area contributed by atoms with Gasteiger partial charge in [0.25, 0.3) is 5.91 Å². The van der Waals surface area contributed by atoms with Gasteiger partial charge in [-0.3, -0.25) is 14.4 Å². The lowest BCUT2D eigenvalue weighted by atomic mass is 9.88. The van der Waals surface area contributed by atoms with E-state index in [-0.39, 0.29) is 23.6 Å². The van der Waals surface area contributed by atoms with E-state index in [1.165, 1.54) is 11.3 Å². The molecule has 1 saturated heterocycles. The van der Waals surface area contributed by atoms with Crippen molar-refractivity contribution in [3.8, 4) is 0 Å². The summed E-state index contributed by atoms with van der Waals surface area (Å²) >= 11 is 1.34. The SMILES string of the molecule is CCC(=O)N1CCC([C@H](NC(=O)c2cccs2)C(=O)NCCOC)CC1. The molecule has 0 aromatic carbocycles. The quantitative estimate of drug-likeness (QED) is 0.664. The van der Waals surface area contributed by atoms with Crippen molar-refractivity contribution in [2.24, 2.45) is 5.92 Å². The summed E-state index contributed by atoms with van der Waals surface area (Å²) < 4.78 is 4.97. The molecule has 0 bridgehead atoms. The minimum atomic E-state index is -0.611. The number of thiophene rings is 1. The predicted octanol–water partition coefficient (Wildman–Crippen LogP) is 1.26. The second-order valence-corrected chi connectivity index (χ2v) is 7.23. The van der Waals surface area contributed by atoms with Crippen molar-refractivity contribution in [3.63, 3.8) is 0 Å². The Morgan fingerprint density at radius 1 is 1.35 bits per heavy atom. The third-order valence-electron chi connectivity index (χ3n) is 4.59. The van der Waals surface area contributed by atoms with E-state index in [0.717, 1.165) is 0 Å². The Bertz CT molecular complexity index is 598. The van der Waals surface area contributed by atoms with E-state index in [9.17, 15) is 14.4 Å². The minimum Gasteiger partial charge on any atom is -0.383 e. The zero-order chi connectivity index (χ0) is 18.9. The summed E-state index contributed by atoms with van der Waals surface area (Å²) in [4.78, 5) is 39.3. The van der Waals surface area contributed by atoms with Crippen LogP contribution >= 0.6 is 11.3 Å². The first-order valence-corrected chi connectivity index (χ1v) is 9.83. The molecule has 0 spiro atoms. The molecule has 0 aliphatic carbocycles. The smallest absolute Gasteiger partial charge is 0.262 e. The largest absolute Gasteiger partial charge is 0.383 e. The van der Waals surface area contributed by atoms with Crippen molar-refractivity contribution in [2.45, 2.75) is 32.2 Å². The van der Waals surface area contributed by atoms with Crippen molar-refractivity contribution in [3.05, 3.63) is 22.4 Å². The summed E-state index contributed by atoms with van der Waals surface area (Å²) in [5.41, 5.74) is 0. The lowest BCUT2D eigenvalue weighted by Gasteiger charge is -2.35. The summed E-state index contributed by atoms with van der Waals surface area (Å²) in [6.07, 6.45) is 1.87. The van der Waals surface area contributed by atoms with Crippen LogP contribution in [0.5, 0.6) is 0 Å². The summed E-state index contributed by atoms with van der Waals surface area (Å²) in [5, 5.41) is 7.54. The highest BCUT2D eigenvalue weighted by molar-refractivity contribution is 7.12. The Morgan fingerprint density at radius 3 is 2.65 bits per heavy atom. The third-order valence-corrected chi connectivity index (χ3v) is 5.45. The Kier molecular flexibility index (Phi) is 8.06. The summed E-state index contributed by atoms with van der Waals surface area (Å²) in [7, 11) is 1.57.